The fraction of sp³-hybridized carbons (Fsp3) is 0.522. The summed E-state index contributed by atoms with van der Waals surface area (Å²) >= 11 is 0. The zero-order valence-electron chi connectivity index (χ0n) is 18.6. The van der Waals surface area contributed by atoms with E-state index in [2.05, 4.69) is 5.32 Å². The molecule has 0 unspecified atom stereocenters. The Kier molecular flexibility index (Phi) is 12.9. The summed E-state index contributed by atoms with van der Waals surface area (Å²) in [5, 5.41) is 29.1. The number of nitrogens with one attached hydrogen (secondary N) is 1. The van der Waals surface area contributed by atoms with Gasteiger partial charge in [0.15, 0.2) is 0 Å². The summed E-state index contributed by atoms with van der Waals surface area (Å²) in [6, 6.07) is 8.16. The van der Waals surface area contributed by atoms with E-state index in [1.165, 1.54) is 4.90 Å². The van der Waals surface area contributed by atoms with Crippen LogP contribution in [0.5, 0.6) is 0 Å². The van der Waals surface area contributed by atoms with Crippen molar-refractivity contribution < 1.29 is 39.3 Å². The molecule has 0 aliphatic rings. The highest BCUT2D eigenvalue weighted by atomic mass is 16.4. The maximum absolute atomic E-state index is 13.0. The first kappa shape index (κ1) is 27.6. The van der Waals surface area contributed by atoms with Crippen molar-refractivity contribution in [1.29, 1.82) is 0 Å². The topological polar surface area (TPSA) is 161 Å². The van der Waals surface area contributed by atoms with Gasteiger partial charge in [-0.1, -0.05) is 36.8 Å². The lowest BCUT2D eigenvalue weighted by molar-refractivity contribution is -0.142. The first-order valence-electron chi connectivity index (χ1n) is 11.0. The Bertz CT molecular complexity index is 797. The number of carboxylic acids is 3. The minimum absolute atomic E-state index is 0.00960. The van der Waals surface area contributed by atoms with Crippen LogP contribution >= 0.6 is 0 Å². The Balaban J connectivity index is 3.00. The summed E-state index contributed by atoms with van der Waals surface area (Å²) in [4.78, 5) is 59.7. The average molecular weight is 465 g/mol. The molecule has 1 aromatic carbocycles. The molecule has 0 aromatic heterocycles. The summed E-state index contributed by atoms with van der Waals surface area (Å²) in [6.45, 7) is 0.120. The molecule has 0 saturated carbocycles. The number of nitrogens with zero attached hydrogens (tertiary/aromatic N) is 1. The molecule has 33 heavy (non-hydrogen) atoms. The van der Waals surface area contributed by atoms with Crippen LogP contribution in [0.15, 0.2) is 30.3 Å². The van der Waals surface area contributed by atoms with Gasteiger partial charge in [-0.05, 0) is 24.8 Å². The van der Waals surface area contributed by atoms with Crippen LogP contribution in [-0.2, 0) is 30.4 Å². The Hall–Kier alpha value is -3.43. The van der Waals surface area contributed by atoms with E-state index in [0.717, 1.165) is 5.56 Å². The van der Waals surface area contributed by atoms with Crippen molar-refractivity contribution in [2.45, 2.75) is 63.8 Å². The highest BCUT2D eigenvalue weighted by Crippen LogP contribution is 2.15. The van der Waals surface area contributed by atoms with Gasteiger partial charge in [0.1, 0.15) is 6.04 Å². The van der Waals surface area contributed by atoms with E-state index in [0.29, 0.717) is 19.3 Å². The van der Waals surface area contributed by atoms with Gasteiger partial charge in [-0.3, -0.25) is 24.0 Å². The van der Waals surface area contributed by atoms with E-state index < -0.39 is 29.9 Å². The second-order valence-corrected chi connectivity index (χ2v) is 7.68. The number of benzene rings is 1. The molecular formula is C23H32N2O8. The summed E-state index contributed by atoms with van der Waals surface area (Å²) < 4.78 is 0. The maximum atomic E-state index is 13.0. The van der Waals surface area contributed by atoms with Crippen molar-refractivity contribution in [1.82, 2.24) is 10.2 Å². The fourth-order valence-electron chi connectivity index (χ4n) is 3.32. The summed E-state index contributed by atoms with van der Waals surface area (Å²) in [6.07, 6.45) is 1.32. The number of carbonyl (C=O) groups excluding carboxylic acids is 2. The van der Waals surface area contributed by atoms with Crippen LogP contribution in [-0.4, -0.2) is 69.1 Å². The zero-order valence-corrected chi connectivity index (χ0v) is 18.6. The second kappa shape index (κ2) is 15.4. The Morgan fingerprint density at radius 1 is 0.758 bits per heavy atom. The third-order valence-electron chi connectivity index (χ3n) is 4.98. The van der Waals surface area contributed by atoms with E-state index in [4.69, 9.17) is 15.3 Å². The van der Waals surface area contributed by atoms with Crippen molar-refractivity contribution in [2.75, 3.05) is 13.1 Å². The van der Waals surface area contributed by atoms with E-state index in [9.17, 15) is 24.0 Å². The molecule has 2 amide bonds. The van der Waals surface area contributed by atoms with Gasteiger partial charge in [0.2, 0.25) is 11.8 Å². The highest BCUT2D eigenvalue weighted by molar-refractivity contribution is 5.88. The molecule has 10 nitrogen and oxygen atoms in total. The Morgan fingerprint density at radius 3 is 1.97 bits per heavy atom. The molecular weight excluding hydrogens is 432 g/mol. The van der Waals surface area contributed by atoms with Crippen LogP contribution in [0.3, 0.4) is 0 Å². The SMILES string of the molecule is O=C(O)CCCCCN(C(=O)CCCC(=O)O)[C@@H](Cc1ccccc1)C(=O)NCCC(=O)O. The molecule has 10 heteroatoms. The molecule has 0 aliphatic carbocycles. The number of carbonyl (C=O) groups is 5. The Labute approximate surface area is 192 Å². The van der Waals surface area contributed by atoms with Gasteiger partial charge >= 0.3 is 17.9 Å². The number of aliphatic carboxylic acids is 3. The van der Waals surface area contributed by atoms with Crippen LogP contribution in [0.25, 0.3) is 0 Å². The van der Waals surface area contributed by atoms with Gasteiger partial charge in [-0.15, -0.1) is 0 Å². The van der Waals surface area contributed by atoms with Gasteiger partial charge in [-0.2, -0.15) is 0 Å². The lowest BCUT2D eigenvalue weighted by atomic mass is 10.0. The van der Waals surface area contributed by atoms with Crippen LogP contribution in [0.4, 0.5) is 0 Å². The van der Waals surface area contributed by atoms with Crippen molar-refractivity contribution >= 4 is 29.7 Å². The number of unbranched alkanes of at least 4 members (excludes halogenated alkanes) is 2. The van der Waals surface area contributed by atoms with Crippen LogP contribution < -0.4 is 5.32 Å². The molecule has 1 atom stereocenters. The molecule has 0 fully saturated rings. The largest absolute Gasteiger partial charge is 0.481 e. The van der Waals surface area contributed by atoms with Gasteiger partial charge in [-0.25, -0.2) is 0 Å². The predicted molar refractivity (Wildman–Crippen MR) is 119 cm³/mol. The van der Waals surface area contributed by atoms with E-state index in [1.54, 1.807) is 12.1 Å². The Morgan fingerprint density at radius 2 is 1.36 bits per heavy atom. The molecule has 0 spiro atoms. The average Bonchev–Trinajstić information content (AvgIpc) is 2.74. The maximum Gasteiger partial charge on any atom is 0.305 e. The third-order valence-corrected chi connectivity index (χ3v) is 4.98. The fourth-order valence-corrected chi connectivity index (χ4v) is 3.32. The first-order valence-corrected chi connectivity index (χ1v) is 11.0. The first-order chi connectivity index (χ1) is 15.7. The quantitative estimate of drug-likeness (QED) is 0.254. The van der Waals surface area contributed by atoms with E-state index >= 15 is 0 Å². The standard InChI is InChI=1S/C23H32N2O8/c26-19(10-7-12-21(29)30)25(15-6-2-5-11-20(27)28)18(16-17-8-3-1-4-9-17)23(33)24-14-13-22(31)32/h1,3-4,8-9,18H,2,5-7,10-16H2,(H,24,33)(H,27,28)(H,29,30)(H,31,32)/t18-/m0/s1. The molecule has 1 aromatic rings. The summed E-state index contributed by atoms with van der Waals surface area (Å²) in [5.74, 6) is -3.84. The van der Waals surface area contributed by atoms with E-state index in [1.807, 2.05) is 18.2 Å². The van der Waals surface area contributed by atoms with Crippen molar-refractivity contribution in [3.63, 3.8) is 0 Å². The smallest absolute Gasteiger partial charge is 0.305 e. The van der Waals surface area contributed by atoms with Crippen molar-refractivity contribution in [3.8, 4) is 0 Å². The lowest BCUT2D eigenvalue weighted by Crippen LogP contribution is -2.51. The number of amides is 2. The minimum atomic E-state index is -1.06. The zero-order chi connectivity index (χ0) is 24.6. The minimum Gasteiger partial charge on any atom is -0.481 e. The van der Waals surface area contributed by atoms with Gasteiger partial charge in [0.05, 0.1) is 6.42 Å². The molecule has 0 aliphatic heterocycles. The number of rotatable bonds is 17. The molecule has 4 N–H and O–H groups in total. The molecule has 182 valence electrons. The van der Waals surface area contributed by atoms with Gasteiger partial charge in [0, 0.05) is 38.8 Å². The van der Waals surface area contributed by atoms with Gasteiger partial charge in [0.25, 0.3) is 0 Å². The van der Waals surface area contributed by atoms with Crippen molar-refractivity contribution in [3.05, 3.63) is 35.9 Å². The number of carboxylic acid groups (broad SMARTS) is 3. The van der Waals surface area contributed by atoms with Crippen molar-refractivity contribution in [2.24, 2.45) is 0 Å². The van der Waals surface area contributed by atoms with Crippen LogP contribution in [0.2, 0.25) is 0 Å². The molecule has 0 bridgehead atoms. The predicted octanol–water partition coefficient (Wildman–Crippen LogP) is 1.92. The van der Waals surface area contributed by atoms with Crippen LogP contribution in [0, 0.1) is 0 Å². The number of hydrogen-bond donors (Lipinski definition) is 4. The third kappa shape index (κ3) is 12.3. The summed E-state index contributed by atoms with van der Waals surface area (Å²) in [7, 11) is 0. The molecule has 0 radical (unpaired) electrons. The lowest BCUT2D eigenvalue weighted by Gasteiger charge is -2.31. The monoisotopic (exact) mass is 464 g/mol. The second-order valence-electron chi connectivity index (χ2n) is 7.68. The number of hydrogen-bond acceptors (Lipinski definition) is 5. The highest BCUT2D eigenvalue weighted by Gasteiger charge is 2.29. The molecule has 1 rings (SSSR count). The van der Waals surface area contributed by atoms with Gasteiger partial charge < -0.3 is 25.5 Å². The molecule has 0 saturated heterocycles. The molecule has 0 heterocycles. The van der Waals surface area contributed by atoms with E-state index in [-0.39, 0.29) is 57.5 Å². The normalized spacial score (nSPS) is 11.4. The van der Waals surface area contributed by atoms with Crippen LogP contribution in [0.1, 0.15) is 56.9 Å². The summed E-state index contributed by atoms with van der Waals surface area (Å²) in [5.41, 5.74) is 0.810.